The Morgan fingerprint density at radius 2 is 2.50 bits per heavy atom. The monoisotopic (exact) mass is 246 g/mol. The largest absolute Gasteiger partial charge is 0.481 e. The molecular weight excluding hydrogens is 232 g/mol. The van der Waals surface area contributed by atoms with Crippen LogP contribution in [0.25, 0.3) is 0 Å². The standard InChI is InChI=1S/C12H14N4O2/c17-12(18)8-2-3-9-10(6-8)15-11(14-9)7-16-5-1-4-13-16/h1,4-5,8H,2-3,6-7H2,(H,14,15)(H,17,18). The molecule has 1 aliphatic carbocycles. The Balaban J connectivity index is 1.78. The lowest BCUT2D eigenvalue weighted by Gasteiger charge is -2.16. The van der Waals surface area contributed by atoms with Crippen molar-refractivity contribution in [1.82, 2.24) is 19.7 Å². The molecule has 2 aromatic heterocycles. The Morgan fingerprint density at radius 1 is 1.61 bits per heavy atom. The third-order valence-corrected chi connectivity index (χ3v) is 3.31. The summed E-state index contributed by atoms with van der Waals surface area (Å²) in [5, 5.41) is 13.2. The SMILES string of the molecule is O=C(O)C1CCc2nc(Cn3cccn3)[nH]c2C1. The minimum atomic E-state index is -0.719. The Morgan fingerprint density at radius 3 is 3.22 bits per heavy atom. The molecule has 6 nitrogen and oxygen atoms in total. The first-order chi connectivity index (χ1) is 8.72. The van der Waals surface area contributed by atoms with Crippen molar-refractivity contribution in [3.05, 3.63) is 35.7 Å². The number of imidazole rings is 1. The number of fused-ring (bicyclic) bond motifs is 1. The summed E-state index contributed by atoms with van der Waals surface area (Å²) in [6.45, 7) is 0.595. The van der Waals surface area contributed by atoms with Gasteiger partial charge in [0.2, 0.25) is 0 Å². The molecule has 0 aliphatic heterocycles. The molecule has 0 amide bonds. The third kappa shape index (κ3) is 2.01. The van der Waals surface area contributed by atoms with E-state index in [0.717, 1.165) is 23.6 Å². The normalized spacial score (nSPS) is 18.6. The number of carboxylic acids is 1. The van der Waals surface area contributed by atoms with E-state index in [1.807, 2.05) is 12.3 Å². The Hall–Kier alpha value is -2.11. The molecule has 1 aliphatic rings. The average Bonchev–Trinajstić information content (AvgIpc) is 2.96. The highest BCUT2D eigenvalue weighted by atomic mass is 16.4. The zero-order valence-electron chi connectivity index (χ0n) is 9.83. The van der Waals surface area contributed by atoms with E-state index < -0.39 is 5.97 Å². The van der Waals surface area contributed by atoms with E-state index in [9.17, 15) is 4.79 Å². The fourth-order valence-corrected chi connectivity index (χ4v) is 2.37. The van der Waals surface area contributed by atoms with Crippen molar-refractivity contribution >= 4 is 5.97 Å². The summed E-state index contributed by atoms with van der Waals surface area (Å²) in [5.41, 5.74) is 1.98. The number of hydrogen-bond donors (Lipinski definition) is 2. The highest BCUT2D eigenvalue weighted by Gasteiger charge is 2.26. The lowest BCUT2D eigenvalue weighted by molar-refractivity contribution is -0.142. The summed E-state index contributed by atoms with van der Waals surface area (Å²) in [6.07, 6.45) is 5.57. The molecule has 2 N–H and O–H groups in total. The van der Waals surface area contributed by atoms with Gasteiger partial charge in [-0.3, -0.25) is 9.48 Å². The molecule has 0 radical (unpaired) electrons. The van der Waals surface area contributed by atoms with Crippen LogP contribution < -0.4 is 0 Å². The van der Waals surface area contributed by atoms with E-state index in [1.165, 1.54) is 0 Å². The van der Waals surface area contributed by atoms with E-state index in [1.54, 1.807) is 10.9 Å². The van der Waals surface area contributed by atoms with Crippen LogP contribution in [0.3, 0.4) is 0 Å². The van der Waals surface area contributed by atoms with Gasteiger partial charge in [0.1, 0.15) is 5.82 Å². The summed E-state index contributed by atoms with van der Waals surface area (Å²) >= 11 is 0. The van der Waals surface area contributed by atoms with Crippen LogP contribution in [-0.4, -0.2) is 30.8 Å². The van der Waals surface area contributed by atoms with E-state index in [2.05, 4.69) is 15.1 Å². The molecule has 0 saturated heterocycles. The number of hydrogen-bond acceptors (Lipinski definition) is 3. The summed E-state index contributed by atoms with van der Waals surface area (Å²) in [4.78, 5) is 18.7. The molecule has 1 unspecified atom stereocenters. The van der Waals surface area contributed by atoms with Gasteiger partial charge in [-0.15, -0.1) is 0 Å². The molecule has 18 heavy (non-hydrogen) atoms. The van der Waals surface area contributed by atoms with Crippen LogP contribution in [0, 0.1) is 5.92 Å². The van der Waals surface area contributed by atoms with Gasteiger partial charge in [0.15, 0.2) is 0 Å². The number of nitrogens with one attached hydrogen (secondary N) is 1. The van der Waals surface area contributed by atoms with Gasteiger partial charge in [-0.25, -0.2) is 4.98 Å². The van der Waals surface area contributed by atoms with E-state index in [-0.39, 0.29) is 5.92 Å². The van der Waals surface area contributed by atoms with Crippen LogP contribution in [0.1, 0.15) is 23.6 Å². The van der Waals surface area contributed by atoms with Crippen LogP contribution in [0.15, 0.2) is 18.5 Å². The molecule has 6 heteroatoms. The molecule has 3 rings (SSSR count). The van der Waals surface area contributed by atoms with Gasteiger partial charge >= 0.3 is 5.97 Å². The molecule has 0 spiro atoms. The first-order valence-electron chi connectivity index (χ1n) is 5.99. The van der Waals surface area contributed by atoms with Gasteiger partial charge in [0.05, 0.1) is 18.2 Å². The van der Waals surface area contributed by atoms with Crippen molar-refractivity contribution in [2.75, 3.05) is 0 Å². The number of aromatic nitrogens is 4. The van der Waals surface area contributed by atoms with E-state index >= 15 is 0 Å². The number of carboxylic acid groups (broad SMARTS) is 1. The number of nitrogens with zero attached hydrogens (tertiary/aromatic N) is 3. The molecular formula is C12H14N4O2. The molecule has 0 aromatic carbocycles. The van der Waals surface area contributed by atoms with Gasteiger partial charge in [0, 0.05) is 24.5 Å². The lowest BCUT2D eigenvalue weighted by atomic mass is 9.90. The Kier molecular flexibility index (Phi) is 2.62. The molecule has 0 fully saturated rings. The Labute approximate surface area is 104 Å². The molecule has 2 heterocycles. The van der Waals surface area contributed by atoms with Crippen LogP contribution in [-0.2, 0) is 24.2 Å². The minimum absolute atomic E-state index is 0.282. The maximum Gasteiger partial charge on any atom is 0.306 e. The van der Waals surface area contributed by atoms with Gasteiger partial charge in [0.25, 0.3) is 0 Å². The van der Waals surface area contributed by atoms with Crippen molar-refractivity contribution in [2.24, 2.45) is 5.92 Å². The zero-order valence-corrected chi connectivity index (χ0v) is 9.83. The van der Waals surface area contributed by atoms with Crippen molar-refractivity contribution in [2.45, 2.75) is 25.8 Å². The van der Waals surface area contributed by atoms with Gasteiger partial charge in [-0.1, -0.05) is 0 Å². The average molecular weight is 246 g/mol. The fourth-order valence-electron chi connectivity index (χ4n) is 2.37. The van der Waals surface area contributed by atoms with E-state index in [0.29, 0.717) is 19.4 Å². The van der Waals surface area contributed by atoms with Crippen molar-refractivity contribution in [3.8, 4) is 0 Å². The number of aromatic amines is 1. The predicted octanol–water partition coefficient (Wildman–Crippen LogP) is 0.844. The van der Waals surface area contributed by atoms with Crippen LogP contribution in [0.5, 0.6) is 0 Å². The number of aliphatic carboxylic acids is 1. The third-order valence-electron chi connectivity index (χ3n) is 3.31. The second-order valence-electron chi connectivity index (χ2n) is 4.59. The first kappa shape index (κ1) is 11.0. The quantitative estimate of drug-likeness (QED) is 0.840. The first-order valence-corrected chi connectivity index (χ1v) is 5.99. The highest BCUT2D eigenvalue weighted by Crippen LogP contribution is 2.24. The molecule has 0 saturated carbocycles. The maximum absolute atomic E-state index is 11.0. The van der Waals surface area contributed by atoms with E-state index in [4.69, 9.17) is 5.11 Å². The molecule has 0 bridgehead atoms. The number of H-pyrrole nitrogens is 1. The van der Waals surface area contributed by atoms with Crippen LogP contribution >= 0.6 is 0 Å². The van der Waals surface area contributed by atoms with Gasteiger partial charge in [-0.05, 0) is 18.9 Å². The van der Waals surface area contributed by atoms with Crippen LogP contribution in [0.4, 0.5) is 0 Å². The number of rotatable bonds is 3. The second kappa shape index (κ2) is 4.29. The van der Waals surface area contributed by atoms with Gasteiger partial charge < -0.3 is 10.1 Å². The lowest BCUT2D eigenvalue weighted by Crippen LogP contribution is -2.22. The highest BCUT2D eigenvalue weighted by molar-refractivity contribution is 5.70. The predicted molar refractivity (Wildman–Crippen MR) is 63.1 cm³/mol. The minimum Gasteiger partial charge on any atom is -0.481 e. The van der Waals surface area contributed by atoms with Crippen LogP contribution in [0.2, 0.25) is 0 Å². The number of carbonyl (C=O) groups is 1. The van der Waals surface area contributed by atoms with Crippen molar-refractivity contribution < 1.29 is 9.90 Å². The summed E-state index contributed by atoms with van der Waals surface area (Å²) in [5.74, 6) is -0.158. The molecule has 94 valence electrons. The van der Waals surface area contributed by atoms with Gasteiger partial charge in [-0.2, -0.15) is 5.10 Å². The van der Waals surface area contributed by atoms with Crippen molar-refractivity contribution in [1.29, 1.82) is 0 Å². The maximum atomic E-state index is 11.0. The fraction of sp³-hybridized carbons (Fsp3) is 0.417. The van der Waals surface area contributed by atoms with Crippen molar-refractivity contribution in [3.63, 3.8) is 0 Å². The smallest absolute Gasteiger partial charge is 0.306 e. The second-order valence-corrected chi connectivity index (χ2v) is 4.59. The summed E-state index contributed by atoms with van der Waals surface area (Å²) < 4.78 is 1.79. The molecule has 1 atom stereocenters. The summed E-state index contributed by atoms with van der Waals surface area (Å²) in [7, 11) is 0. The summed E-state index contributed by atoms with van der Waals surface area (Å²) in [6, 6.07) is 1.86. The number of aryl methyl sites for hydroxylation is 1. The topological polar surface area (TPSA) is 83.8 Å². The zero-order chi connectivity index (χ0) is 12.5. The Bertz CT molecular complexity index is 559. The molecule has 2 aromatic rings.